The number of unbranched alkanes of at least 4 members (excludes halogenated alkanes) is 1. The minimum atomic E-state index is -1.39. The third kappa shape index (κ3) is 3.15. The molecule has 0 aliphatic heterocycles. The Morgan fingerprint density at radius 3 is 2.40 bits per heavy atom. The molecule has 0 bridgehead atoms. The molecule has 3 nitrogen and oxygen atoms in total. The normalized spacial score (nSPS) is 20.1. The zero-order valence-corrected chi connectivity index (χ0v) is 6.67. The highest BCUT2D eigenvalue weighted by Gasteiger charge is 2.25. The summed E-state index contributed by atoms with van der Waals surface area (Å²) in [6.45, 7) is 3.51. The van der Waals surface area contributed by atoms with Crippen molar-refractivity contribution in [2.24, 2.45) is 5.73 Å². The van der Waals surface area contributed by atoms with Crippen LogP contribution in [0.4, 0.5) is 0 Å². The molecule has 0 saturated carbocycles. The van der Waals surface area contributed by atoms with Gasteiger partial charge in [-0.2, -0.15) is 0 Å². The first-order valence-corrected chi connectivity index (χ1v) is 3.70. The van der Waals surface area contributed by atoms with Gasteiger partial charge in [-0.3, -0.25) is 0 Å². The largest absolute Gasteiger partial charge is 0.389 e. The number of rotatable bonds is 4. The number of nitrogens with two attached hydrogens (primary N) is 1. The second-order valence-electron chi connectivity index (χ2n) is 2.77. The first-order valence-electron chi connectivity index (χ1n) is 3.70. The summed E-state index contributed by atoms with van der Waals surface area (Å²) in [6.07, 6.45) is 1.43. The molecule has 0 fully saturated rings. The van der Waals surface area contributed by atoms with Gasteiger partial charge in [-0.05, 0) is 19.8 Å². The highest BCUT2D eigenvalue weighted by Crippen LogP contribution is 2.11. The summed E-state index contributed by atoms with van der Waals surface area (Å²) in [5.74, 6) is 0. The van der Waals surface area contributed by atoms with Crippen LogP contribution in [0.2, 0.25) is 0 Å². The molecule has 2 atom stereocenters. The van der Waals surface area contributed by atoms with Crippen molar-refractivity contribution in [1.82, 2.24) is 0 Å². The Labute approximate surface area is 61.9 Å². The first-order chi connectivity index (χ1) is 4.50. The molecular formula is C7H17NO2. The van der Waals surface area contributed by atoms with Crippen molar-refractivity contribution in [2.45, 2.75) is 44.9 Å². The summed E-state index contributed by atoms with van der Waals surface area (Å²) >= 11 is 0. The van der Waals surface area contributed by atoms with E-state index in [1.807, 2.05) is 6.92 Å². The molecule has 0 aromatic heterocycles. The molecule has 0 spiro atoms. The van der Waals surface area contributed by atoms with Gasteiger partial charge in [0.2, 0.25) is 0 Å². The van der Waals surface area contributed by atoms with E-state index in [4.69, 9.17) is 10.8 Å². The van der Waals surface area contributed by atoms with Gasteiger partial charge in [0.15, 0.2) is 0 Å². The van der Waals surface area contributed by atoms with E-state index in [1.165, 1.54) is 6.92 Å². The lowest BCUT2D eigenvalue weighted by molar-refractivity contribution is -0.0681. The molecule has 0 heterocycles. The average Bonchev–Trinajstić information content (AvgIpc) is 1.84. The zero-order valence-electron chi connectivity index (χ0n) is 6.67. The number of hydrogen-bond donors (Lipinski definition) is 3. The number of hydrogen-bond acceptors (Lipinski definition) is 3. The van der Waals surface area contributed by atoms with E-state index in [2.05, 4.69) is 0 Å². The maximum atomic E-state index is 9.25. The summed E-state index contributed by atoms with van der Waals surface area (Å²) in [6, 6.07) is 0. The van der Waals surface area contributed by atoms with Crippen LogP contribution in [0.1, 0.15) is 33.1 Å². The van der Waals surface area contributed by atoms with Crippen molar-refractivity contribution in [3.8, 4) is 0 Å². The fourth-order valence-corrected chi connectivity index (χ4v) is 0.669. The van der Waals surface area contributed by atoms with Crippen molar-refractivity contribution in [3.63, 3.8) is 0 Å². The Balaban J connectivity index is 3.63. The topological polar surface area (TPSA) is 66.5 Å². The van der Waals surface area contributed by atoms with Gasteiger partial charge in [-0.1, -0.05) is 13.3 Å². The Hall–Kier alpha value is -0.120. The molecule has 0 rings (SSSR count). The summed E-state index contributed by atoms with van der Waals surface area (Å²) in [5.41, 5.74) is 3.96. The molecule has 10 heavy (non-hydrogen) atoms. The van der Waals surface area contributed by atoms with E-state index < -0.39 is 11.8 Å². The Kier molecular flexibility index (Phi) is 3.86. The Morgan fingerprint density at radius 2 is 2.10 bits per heavy atom. The number of aliphatic hydroxyl groups is 2. The van der Waals surface area contributed by atoms with Gasteiger partial charge in [0.25, 0.3) is 0 Å². The van der Waals surface area contributed by atoms with Crippen LogP contribution in [0.5, 0.6) is 0 Å². The quantitative estimate of drug-likeness (QED) is 0.498. The standard InChI is InChI=1S/C7H17NO2/c1-3-4-5-7(8,10)6(2)9/h6,9-10H,3-5,8H2,1-2H3. The molecule has 0 amide bonds. The summed E-state index contributed by atoms with van der Waals surface area (Å²) < 4.78 is 0. The third-order valence-electron chi connectivity index (χ3n) is 1.65. The van der Waals surface area contributed by atoms with Gasteiger partial charge < -0.3 is 15.9 Å². The minimum Gasteiger partial charge on any atom is -0.389 e. The molecule has 2 unspecified atom stereocenters. The minimum absolute atomic E-state index is 0.459. The molecule has 0 aromatic carbocycles. The lowest BCUT2D eigenvalue weighted by Crippen LogP contribution is -2.49. The van der Waals surface area contributed by atoms with E-state index in [0.717, 1.165) is 12.8 Å². The van der Waals surface area contributed by atoms with Gasteiger partial charge in [0.05, 0.1) is 6.10 Å². The van der Waals surface area contributed by atoms with E-state index in [9.17, 15) is 5.11 Å². The Bertz CT molecular complexity index is 91.6. The van der Waals surface area contributed by atoms with E-state index in [0.29, 0.717) is 6.42 Å². The lowest BCUT2D eigenvalue weighted by Gasteiger charge is -2.25. The van der Waals surface area contributed by atoms with Crippen LogP contribution in [0.3, 0.4) is 0 Å². The van der Waals surface area contributed by atoms with Gasteiger partial charge in [-0.15, -0.1) is 0 Å². The van der Waals surface area contributed by atoms with Crippen molar-refractivity contribution in [2.75, 3.05) is 0 Å². The monoisotopic (exact) mass is 147 g/mol. The first kappa shape index (κ1) is 9.88. The zero-order chi connectivity index (χ0) is 8.20. The fraction of sp³-hybridized carbons (Fsp3) is 1.00. The molecule has 0 aliphatic rings. The van der Waals surface area contributed by atoms with Crippen LogP contribution in [-0.2, 0) is 0 Å². The Morgan fingerprint density at radius 1 is 1.60 bits per heavy atom. The summed E-state index contributed by atoms with van der Waals surface area (Å²) in [4.78, 5) is 0. The second kappa shape index (κ2) is 3.91. The number of aliphatic hydroxyl groups excluding tert-OH is 1. The predicted molar refractivity (Wildman–Crippen MR) is 40.3 cm³/mol. The second-order valence-corrected chi connectivity index (χ2v) is 2.77. The average molecular weight is 147 g/mol. The predicted octanol–water partition coefficient (Wildman–Crippen LogP) is 0.205. The van der Waals surface area contributed by atoms with E-state index >= 15 is 0 Å². The maximum absolute atomic E-state index is 9.25. The fourth-order valence-electron chi connectivity index (χ4n) is 0.669. The highest BCUT2D eigenvalue weighted by atomic mass is 16.4. The molecule has 0 saturated heterocycles. The highest BCUT2D eigenvalue weighted by molar-refractivity contribution is 4.75. The lowest BCUT2D eigenvalue weighted by atomic mass is 10.0. The summed E-state index contributed by atoms with van der Waals surface area (Å²) in [5, 5.41) is 18.2. The van der Waals surface area contributed by atoms with Crippen molar-refractivity contribution < 1.29 is 10.2 Å². The molecule has 0 aliphatic carbocycles. The third-order valence-corrected chi connectivity index (χ3v) is 1.65. The van der Waals surface area contributed by atoms with Crippen molar-refractivity contribution >= 4 is 0 Å². The van der Waals surface area contributed by atoms with Gasteiger partial charge in [-0.25, -0.2) is 0 Å². The van der Waals surface area contributed by atoms with E-state index in [-0.39, 0.29) is 0 Å². The van der Waals surface area contributed by atoms with Gasteiger partial charge >= 0.3 is 0 Å². The van der Waals surface area contributed by atoms with Crippen LogP contribution in [0, 0.1) is 0 Å². The van der Waals surface area contributed by atoms with Gasteiger partial charge in [0, 0.05) is 0 Å². The molecule has 0 radical (unpaired) electrons. The van der Waals surface area contributed by atoms with Crippen molar-refractivity contribution in [1.29, 1.82) is 0 Å². The van der Waals surface area contributed by atoms with Crippen LogP contribution < -0.4 is 5.73 Å². The van der Waals surface area contributed by atoms with Crippen LogP contribution in [-0.4, -0.2) is 22.0 Å². The SMILES string of the molecule is CCCCC(N)(O)C(C)O. The van der Waals surface area contributed by atoms with Crippen molar-refractivity contribution in [3.05, 3.63) is 0 Å². The molecule has 62 valence electrons. The van der Waals surface area contributed by atoms with Crippen LogP contribution in [0.25, 0.3) is 0 Å². The molecule has 3 heteroatoms. The molecule has 4 N–H and O–H groups in total. The van der Waals surface area contributed by atoms with E-state index in [1.54, 1.807) is 0 Å². The molecule has 0 aromatic rings. The van der Waals surface area contributed by atoms with Crippen LogP contribution in [0.15, 0.2) is 0 Å². The summed E-state index contributed by atoms with van der Waals surface area (Å²) in [7, 11) is 0. The smallest absolute Gasteiger partial charge is 0.139 e. The van der Waals surface area contributed by atoms with Crippen LogP contribution >= 0.6 is 0 Å². The maximum Gasteiger partial charge on any atom is 0.139 e. The van der Waals surface area contributed by atoms with Gasteiger partial charge in [0.1, 0.15) is 5.72 Å². The molecular weight excluding hydrogens is 130 g/mol.